The monoisotopic (exact) mass is 267 g/mol. The highest BCUT2D eigenvalue weighted by Gasteiger charge is 2.28. The number of benzene rings is 1. The number of fused-ring (bicyclic) bond motifs is 1. The molecule has 1 aliphatic heterocycles. The topological polar surface area (TPSA) is 66.8 Å². The minimum atomic E-state index is -1.17. The Morgan fingerprint density at radius 2 is 2.21 bits per heavy atom. The summed E-state index contributed by atoms with van der Waals surface area (Å²) in [6.07, 6.45) is 0. The van der Waals surface area contributed by atoms with Gasteiger partial charge in [0.25, 0.3) is 0 Å². The molecule has 0 aromatic heterocycles. The zero-order valence-electron chi connectivity index (χ0n) is 10.4. The molecule has 102 valence electrons. The van der Waals surface area contributed by atoms with E-state index in [1.54, 1.807) is 0 Å². The van der Waals surface area contributed by atoms with Crippen molar-refractivity contribution >= 4 is 11.9 Å². The van der Waals surface area contributed by atoms with E-state index in [-0.39, 0.29) is 19.7 Å². The lowest BCUT2D eigenvalue weighted by Crippen LogP contribution is -2.39. The molecule has 1 N–H and O–H groups in total. The molecule has 1 heterocycles. The summed E-state index contributed by atoms with van der Waals surface area (Å²) >= 11 is 0. The summed E-state index contributed by atoms with van der Waals surface area (Å²) in [5, 5.41) is 8.85. The normalized spacial score (nSPS) is 16.0. The summed E-state index contributed by atoms with van der Waals surface area (Å²) in [4.78, 5) is 24.2. The molecule has 0 aliphatic carbocycles. The molecule has 1 aliphatic rings. The number of amides is 1. The number of halogens is 1. The van der Waals surface area contributed by atoms with Gasteiger partial charge in [0, 0.05) is 12.1 Å². The highest BCUT2D eigenvalue weighted by molar-refractivity contribution is 5.96. The zero-order chi connectivity index (χ0) is 14.0. The Hall–Kier alpha value is -2.11. The Kier molecular flexibility index (Phi) is 3.69. The van der Waals surface area contributed by atoms with Crippen molar-refractivity contribution in [1.29, 1.82) is 0 Å². The van der Waals surface area contributed by atoms with Crippen LogP contribution in [0.15, 0.2) is 18.2 Å². The van der Waals surface area contributed by atoms with Crippen LogP contribution in [0, 0.1) is 11.7 Å². The number of ether oxygens (including phenoxy) is 1. The molecule has 0 radical (unpaired) electrons. The number of carboxylic acids is 1. The molecule has 1 unspecified atom stereocenters. The third kappa shape index (κ3) is 2.83. The molecule has 1 aromatic rings. The van der Waals surface area contributed by atoms with Gasteiger partial charge in [0.05, 0.1) is 6.54 Å². The molecule has 0 spiro atoms. The number of hydrogen-bond donors (Lipinski definition) is 1. The van der Waals surface area contributed by atoms with E-state index in [0.717, 1.165) is 0 Å². The maximum atomic E-state index is 13.2. The van der Waals surface area contributed by atoms with Crippen LogP contribution in [0.2, 0.25) is 0 Å². The van der Waals surface area contributed by atoms with Crippen molar-refractivity contribution < 1.29 is 23.8 Å². The van der Waals surface area contributed by atoms with Gasteiger partial charge in [0.1, 0.15) is 24.1 Å². The highest BCUT2D eigenvalue weighted by Crippen LogP contribution is 2.24. The van der Waals surface area contributed by atoms with Crippen LogP contribution < -0.4 is 4.74 Å². The fraction of sp³-hybridized carbons (Fsp3) is 0.385. The first-order chi connectivity index (χ1) is 8.99. The van der Waals surface area contributed by atoms with E-state index in [9.17, 15) is 14.0 Å². The van der Waals surface area contributed by atoms with Gasteiger partial charge < -0.3 is 14.7 Å². The molecule has 19 heavy (non-hydrogen) atoms. The summed E-state index contributed by atoms with van der Waals surface area (Å²) in [6.45, 7) is 2.04. The fourth-order valence-electron chi connectivity index (χ4n) is 1.93. The first-order valence-corrected chi connectivity index (χ1v) is 5.92. The largest absolute Gasteiger partial charge is 0.491 e. The molecule has 1 atom stereocenters. The summed E-state index contributed by atoms with van der Waals surface area (Å²) in [5.74, 6) is -2.67. The van der Waals surface area contributed by atoms with E-state index >= 15 is 0 Å². The Labute approximate surface area is 109 Å². The number of aliphatic carboxylic acids is 1. The van der Waals surface area contributed by atoms with E-state index in [0.29, 0.717) is 11.3 Å². The molecular formula is C13H14FNO4. The Bertz CT molecular complexity index is 517. The fourth-order valence-corrected chi connectivity index (χ4v) is 1.93. The van der Waals surface area contributed by atoms with Gasteiger partial charge in [-0.2, -0.15) is 0 Å². The SMILES string of the molecule is CC(C(=O)O)C(=O)N1CCOc2ccc(F)cc2C1. The lowest BCUT2D eigenvalue weighted by Gasteiger charge is -2.21. The maximum Gasteiger partial charge on any atom is 0.315 e. The van der Waals surface area contributed by atoms with Crippen LogP contribution >= 0.6 is 0 Å². The van der Waals surface area contributed by atoms with Crippen molar-refractivity contribution in [2.24, 2.45) is 5.92 Å². The molecule has 0 bridgehead atoms. The van der Waals surface area contributed by atoms with Gasteiger partial charge in [0.2, 0.25) is 5.91 Å². The second-order valence-corrected chi connectivity index (χ2v) is 4.42. The second kappa shape index (κ2) is 5.26. The smallest absolute Gasteiger partial charge is 0.315 e. The first-order valence-electron chi connectivity index (χ1n) is 5.92. The summed E-state index contributed by atoms with van der Waals surface area (Å²) in [7, 11) is 0. The summed E-state index contributed by atoms with van der Waals surface area (Å²) < 4.78 is 18.6. The third-order valence-electron chi connectivity index (χ3n) is 3.06. The van der Waals surface area contributed by atoms with Gasteiger partial charge in [0.15, 0.2) is 0 Å². The van der Waals surface area contributed by atoms with Crippen LogP contribution in [0.3, 0.4) is 0 Å². The van der Waals surface area contributed by atoms with E-state index in [1.807, 2.05) is 0 Å². The Balaban J connectivity index is 2.22. The van der Waals surface area contributed by atoms with Gasteiger partial charge in [-0.1, -0.05) is 0 Å². The van der Waals surface area contributed by atoms with E-state index < -0.39 is 23.6 Å². The number of nitrogens with zero attached hydrogens (tertiary/aromatic N) is 1. The molecule has 5 nitrogen and oxygen atoms in total. The van der Waals surface area contributed by atoms with E-state index in [2.05, 4.69) is 0 Å². The van der Waals surface area contributed by atoms with Crippen molar-refractivity contribution in [3.05, 3.63) is 29.6 Å². The van der Waals surface area contributed by atoms with Crippen LogP contribution in [-0.4, -0.2) is 35.0 Å². The van der Waals surface area contributed by atoms with Gasteiger partial charge in [-0.3, -0.25) is 9.59 Å². The number of carboxylic acid groups (broad SMARTS) is 1. The second-order valence-electron chi connectivity index (χ2n) is 4.42. The van der Waals surface area contributed by atoms with Crippen molar-refractivity contribution in [3.63, 3.8) is 0 Å². The van der Waals surface area contributed by atoms with Crippen LogP contribution in [0.25, 0.3) is 0 Å². The molecule has 1 aromatic carbocycles. The van der Waals surface area contributed by atoms with Gasteiger partial charge in [-0.05, 0) is 25.1 Å². The third-order valence-corrected chi connectivity index (χ3v) is 3.06. The molecule has 1 amide bonds. The Morgan fingerprint density at radius 1 is 1.47 bits per heavy atom. The number of hydrogen-bond acceptors (Lipinski definition) is 3. The zero-order valence-corrected chi connectivity index (χ0v) is 10.4. The van der Waals surface area contributed by atoms with Crippen molar-refractivity contribution in [2.45, 2.75) is 13.5 Å². The molecule has 0 saturated carbocycles. The minimum Gasteiger partial charge on any atom is -0.491 e. The molecule has 0 saturated heterocycles. The number of carbonyl (C=O) groups excluding carboxylic acids is 1. The van der Waals surface area contributed by atoms with Crippen LogP contribution in [0.4, 0.5) is 4.39 Å². The van der Waals surface area contributed by atoms with Crippen molar-refractivity contribution in [1.82, 2.24) is 4.90 Å². The van der Waals surface area contributed by atoms with Gasteiger partial charge in [-0.25, -0.2) is 4.39 Å². The molecule has 2 rings (SSSR count). The van der Waals surface area contributed by atoms with Crippen molar-refractivity contribution in [3.8, 4) is 5.75 Å². The van der Waals surface area contributed by atoms with Gasteiger partial charge >= 0.3 is 5.97 Å². The lowest BCUT2D eigenvalue weighted by atomic mass is 10.1. The van der Waals surface area contributed by atoms with Gasteiger partial charge in [-0.15, -0.1) is 0 Å². The minimum absolute atomic E-state index is 0.156. The quantitative estimate of drug-likeness (QED) is 0.819. The molecular weight excluding hydrogens is 253 g/mol. The summed E-state index contributed by atoms with van der Waals surface area (Å²) in [5.41, 5.74) is 0.545. The highest BCUT2D eigenvalue weighted by atomic mass is 19.1. The van der Waals surface area contributed by atoms with E-state index in [4.69, 9.17) is 9.84 Å². The first kappa shape index (κ1) is 13.3. The molecule has 6 heteroatoms. The predicted octanol–water partition coefficient (Wildman–Crippen LogP) is 1.27. The van der Waals surface area contributed by atoms with Crippen LogP contribution in [0.5, 0.6) is 5.75 Å². The Morgan fingerprint density at radius 3 is 2.89 bits per heavy atom. The average molecular weight is 267 g/mol. The van der Waals surface area contributed by atoms with Crippen molar-refractivity contribution in [2.75, 3.05) is 13.2 Å². The predicted molar refractivity (Wildman–Crippen MR) is 64.1 cm³/mol. The maximum absolute atomic E-state index is 13.2. The molecule has 0 fully saturated rings. The number of carbonyl (C=O) groups is 2. The lowest BCUT2D eigenvalue weighted by molar-refractivity contribution is -0.150. The van der Waals surface area contributed by atoms with E-state index in [1.165, 1.54) is 30.0 Å². The standard InChI is InChI=1S/C13H14FNO4/c1-8(13(17)18)12(16)15-4-5-19-11-3-2-10(14)6-9(11)7-15/h2-3,6,8H,4-5,7H2,1H3,(H,17,18). The average Bonchev–Trinajstić information content (AvgIpc) is 2.58. The summed E-state index contributed by atoms with van der Waals surface area (Å²) in [6, 6.07) is 4.10. The van der Waals surface area contributed by atoms with Crippen LogP contribution in [0.1, 0.15) is 12.5 Å². The van der Waals surface area contributed by atoms with Crippen LogP contribution in [-0.2, 0) is 16.1 Å². The number of rotatable bonds is 2.